The second-order valence-corrected chi connectivity index (χ2v) is 5.50. The van der Waals surface area contributed by atoms with Crippen molar-refractivity contribution in [1.82, 2.24) is 0 Å². The fourth-order valence-electron chi connectivity index (χ4n) is 1.61. The van der Waals surface area contributed by atoms with Gasteiger partial charge < -0.3 is 9.26 Å². The molecule has 0 amide bonds. The molecule has 0 heterocycles. The van der Waals surface area contributed by atoms with E-state index in [0.717, 1.165) is 16.6 Å². The molecule has 0 aliphatic carbocycles. The van der Waals surface area contributed by atoms with Crippen LogP contribution in [-0.4, -0.2) is 7.11 Å². The zero-order valence-electron chi connectivity index (χ0n) is 10.7. The number of ether oxygens (including phenoxy) is 1. The maximum Gasteiger partial charge on any atom is 0.139 e. The van der Waals surface area contributed by atoms with Gasteiger partial charge in [0.25, 0.3) is 0 Å². The summed E-state index contributed by atoms with van der Waals surface area (Å²) in [6.07, 6.45) is 5.55. The maximum absolute atomic E-state index is 5.82. The van der Waals surface area contributed by atoms with Crippen molar-refractivity contribution in [2.24, 2.45) is 0 Å². The number of rotatable bonds is 5. The fourth-order valence-corrected chi connectivity index (χ4v) is 2.70. The van der Waals surface area contributed by atoms with Crippen LogP contribution in [0.2, 0.25) is 0 Å². The van der Waals surface area contributed by atoms with E-state index in [-0.39, 0.29) is 0 Å². The van der Waals surface area contributed by atoms with E-state index in [1.165, 1.54) is 0 Å². The predicted molar refractivity (Wildman–Crippen MR) is 79.6 cm³/mol. The second kappa shape index (κ2) is 6.95. The van der Waals surface area contributed by atoms with Gasteiger partial charge in [-0.15, -0.1) is 6.42 Å². The van der Waals surface area contributed by atoms with Gasteiger partial charge in [0, 0.05) is 5.30 Å². The zero-order chi connectivity index (χ0) is 13.5. The summed E-state index contributed by atoms with van der Waals surface area (Å²) in [4.78, 5) is 0. The largest absolute Gasteiger partial charge is 0.497 e. The summed E-state index contributed by atoms with van der Waals surface area (Å²) in [5.74, 6) is 0.839. The van der Waals surface area contributed by atoms with Crippen LogP contribution in [0.4, 0.5) is 0 Å². The van der Waals surface area contributed by atoms with Crippen molar-refractivity contribution < 1.29 is 9.26 Å². The summed E-state index contributed by atoms with van der Waals surface area (Å²) in [5.41, 5.74) is 3.81. The van der Waals surface area contributed by atoms with Crippen LogP contribution in [0.25, 0.3) is 0 Å². The van der Waals surface area contributed by atoms with E-state index >= 15 is 0 Å². The minimum absolute atomic E-state index is 0.509. The third-order valence-corrected chi connectivity index (χ3v) is 4.02. The molecule has 0 aliphatic heterocycles. The lowest BCUT2D eigenvalue weighted by molar-refractivity contribution is 0.350. The Bertz CT molecular complexity index is 543. The maximum atomic E-state index is 5.82. The zero-order valence-corrected chi connectivity index (χ0v) is 11.6. The van der Waals surface area contributed by atoms with E-state index in [2.05, 4.69) is 5.66 Å². The summed E-state index contributed by atoms with van der Waals surface area (Å²) in [6, 6.07) is 17.7. The predicted octanol–water partition coefficient (Wildman–Crippen LogP) is 3.52. The lowest BCUT2D eigenvalue weighted by Crippen LogP contribution is -2.01. The molecule has 19 heavy (non-hydrogen) atoms. The van der Waals surface area contributed by atoms with Crippen LogP contribution in [0, 0.1) is 12.1 Å². The average Bonchev–Trinajstić information content (AvgIpc) is 2.49. The van der Waals surface area contributed by atoms with Crippen LogP contribution in [0.5, 0.6) is 5.75 Å². The van der Waals surface area contributed by atoms with Gasteiger partial charge in [0.15, 0.2) is 0 Å². The lowest BCUT2D eigenvalue weighted by Gasteiger charge is -2.12. The summed E-state index contributed by atoms with van der Waals surface area (Å²) >= 11 is 0. The first-order valence-electron chi connectivity index (χ1n) is 5.91. The van der Waals surface area contributed by atoms with Crippen molar-refractivity contribution in [2.75, 3.05) is 7.11 Å². The fraction of sp³-hybridized carbons (Fsp3) is 0.125. The third-order valence-electron chi connectivity index (χ3n) is 2.63. The van der Waals surface area contributed by atoms with Gasteiger partial charge in [0.2, 0.25) is 0 Å². The molecule has 0 aromatic heterocycles. The summed E-state index contributed by atoms with van der Waals surface area (Å²) in [5, 5.41) is 1.06. The number of benzene rings is 2. The first kappa shape index (κ1) is 13.6. The Balaban J connectivity index is 1.98. The molecule has 0 N–H and O–H groups in total. The van der Waals surface area contributed by atoms with Crippen LogP contribution in [0.3, 0.4) is 0 Å². The van der Waals surface area contributed by atoms with Gasteiger partial charge >= 0.3 is 0 Å². The molecular weight excluding hydrogens is 255 g/mol. The van der Waals surface area contributed by atoms with Crippen LogP contribution in [-0.2, 0) is 11.1 Å². The molecule has 1 atom stereocenters. The Morgan fingerprint density at radius 3 is 2.32 bits per heavy atom. The molecule has 0 saturated heterocycles. The number of hydrogen-bond acceptors (Lipinski definition) is 2. The first-order chi connectivity index (χ1) is 9.33. The summed E-state index contributed by atoms with van der Waals surface area (Å²) in [6.45, 7) is 0.509. The lowest BCUT2D eigenvalue weighted by atomic mass is 10.2. The average molecular weight is 270 g/mol. The molecule has 2 aromatic rings. The molecule has 3 heteroatoms. The Labute approximate surface area is 115 Å². The molecule has 0 fully saturated rings. The Hall–Kier alpha value is -1.81. The molecule has 1 unspecified atom stereocenters. The van der Waals surface area contributed by atoms with Gasteiger partial charge in [-0.3, -0.25) is 0 Å². The smallest absolute Gasteiger partial charge is 0.139 e. The monoisotopic (exact) mass is 270 g/mol. The van der Waals surface area contributed by atoms with Crippen LogP contribution in [0.1, 0.15) is 5.56 Å². The van der Waals surface area contributed by atoms with Gasteiger partial charge in [0.1, 0.15) is 13.9 Å². The van der Waals surface area contributed by atoms with E-state index in [1.54, 1.807) is 7.11 Å². The van der Waals surface area contributed by atoms with E-state index in [0.29, 0.717) is 6.61 Å². The normalized spacial score (nSPS) is 11.6. The van der Waals surface area contributed by atoms with Gasteiger partial charge in [-0.2, -0.15) is 0 Å². The Morgan fingerprint density at radius 1 is 1.05 bits per heavy atom. The second-order valence-electron chi connectivity index (χ2n) is 3.88. The third kappa shape index (κ3) is 3.83. The number of methoxy groups -OCH3 is 1. The van der Waals surface area contributed by atoms with E-state index in [1.807, 2.05) is 54.6 Å². The SMILES string of the molecule is C#CP(OCc1ccc(OC)cc1)c1ccccc1. The van der Waals surface area contributed by atoms with Crippen molar-refractivity contribution in [3.8, 4) is 17.8 Å². The first-order valence-corrected chi connectivity index (χ1v) is 7.16. The van der Waals surface area contributed by atoms with Crippen molar-refractivity contribution in [1.29, 1.82) is 0 Å². The molecule has 0 aliphatic rings. The van der Waals surface area contributed by atoms with Gasteiger partial charge in [-0.25, -0.2) is 0 Å². The van der Waals surface area contributed by atoms with Crippen LogP contribution < -0.4 is 10.0 Å². The standard InChI is InChI=1S/C16H15O2P/c1-3-19(16-7-5-4-6-8-16)18-13-14-9-11-15(17-2)12-10-14/h1,4-12H,13H2,2H3. The van der Waals surface area contributed by atoms with Crippen molar-refractivity contribution in [2.45, 2.75) is 6.61 Å². The van der Waals surface area contributed by atoms with Gasteiger partial charge in [-0.05, 0) is 23.4 Å². The minimum atomic E-state index is -0.992. The Morgan fingerprint density at radius 2 is 1.74 bits per heavy atom. The molecule has 2 nitrogen and oxygen atoms in total. The highest BCUT2D eigenvalue weighted by molar-refractivity contribution is 7.65. The topological polar surface area (TPSA) is 18.5 Å². The molecule has 0 bridgehead atoms. The molecule has 2 aromatic carbocycles. The highest BCUT2D eigenvalue weighted by Crippen LogP contribution is 2.35. The van der Waals surface area contributed by atoms with Gasteiger partial charge in [0.05, 0.1) is 13.7 Å². The van der Waals surface area contributed by atoms with E-state index in [9.17, 15) is 0 Å². The van der Waals surface area contributed by atoms with Crippen molar-refractivity contribution in [3.05, 3.63) is 60.2 Å². The van der Waals surface area contributed by atoms with Crippen molar-refractivity contribution >= 4 is 13.5 Å². The molecule has 0 spiro atoms. The van der Waals surface area contributed by atoms with Crippen molar-refractivity contribution in [3.63, 3.8) is 0 Å². The summed E-state index contributed by atoms with van der Waals surface area (Å²) < 4.78 is 10.9. The number of hydrogen-bond donors (Lipinski definition) is 0. The highest BCUT2D eigenvalue weighted by Gasteiger charge is 2.08. The van der Waals surface area contributed by atoms with E-state index < -0.39 is 8.15 Å². The quantitative estimate of drug-likeness (QED) is 0.611. The van der Waals surface area contributed by atoms with Gasteiger partial charge in [-0.1, -0.05) is 42.5 Å². The van der Waals surface area contributed by atoms with E-state index in [4.69, 9.17) is 15.7 Å². The summed E-state index contributed by atoms with van der Waals surface area (Å²) in [7, 11) is 0.659. The molecule has 2 rings (SSSR count). The molecule has 96 valence electrons. The molecule has 0 radical (unpaired) electrons. The van der Waals surface area contributed by atoms with Crippen LogP contribution in [0.15, 0.2) is 54.6 Å². The minimum Gasteiger partial charge on any atom is -0.497 e. The highest BCUT2D eigenvalue weighted by atomic mass is 31.1. The van der Waals surface area contributed by atoms with Crippen LogP contribution >= 0.6 is 8.15 Å². The molecule has 0 saturated carbocycles. The molecular formula is C16H15O2P. The number of terminal acetylenes is 1. The Kier molecular flexibility index (Phi) is 4.98.